The largest absolute Gasteiger partial charge is 0.489 e. The molecule has 2 aromatic carbocycles. The summed E-state index contributed by atoms with van der Waals surface area (Å²) in [6.07, 6.45) is 3.57. The fourth-order valence-corrected chi connectivity index (χ4v) is 2.99. The smallest absolute Gasteiger partial charge is 0.264 e. The summed E-state index contributed by atoms with van der Waals surface area (Å²) in [5.41, 5.74) is 2.36. The highest BCUT2D eigenvalue weighted by molar-refractivity contribution is 6.01. The van der Waals surface area contributed by atoms with E-state index in [0.717, 1.165) is 24.0 Å². The number of ether oxygens (including phenoxy) is 1. The molecule has 1 heterocycles. The minimum Gasteiger partial charge on any atom is -0.489 e. The van der Waals surface area contributed by atoms with E-state index in [2.05, 4.69) is 6.07 Å². The third-order valence-corrected chi connectivity index (χ3v) is 4.37. The van der Waals surface area contributed by atoms with Crippen molar-refractivity contribution in [1.82, 2.24) is 4.90 Å². The van der Waals surface area contributed by atoms with Crippen LogP contribution in [0, 0.1) is 22.7 Å². The van der Waals surface area contributed by atoms with Gasteiger partial charge in [0, 0.05) is 13.1 Å². The molecule has 0 unspecified atom stereocenters. The predicted molar refractivity (Wildman–Crippen MR) is 101 cm³/mol. The molecule has 0 saturated carbocycles. The van der Waals surface area contributed by atoms with Crippen molar-refractivity contribution in [3.63, 3.8) is 0 Å². The van der Waals surface area contributed by atoms with Crippen LogP contribution in [0.2, 0.25) is 0 Å². The molecule has 5 nitrogen and oxygen atoms in total. The standard InChI is InChI=1S/C22H19N3O2/c23-14-18-6-3-7-19(11-18)16-27-21-8-4-5-17(13-21)12-20(15-24)22(26)25-9-1-2-10-25/h3-8,11-13H,1-2,9-10,16H2/b20-12+. The normalized spacial score (nSPS) is 13.7. The van der Waals surface area contributed by atoms with Gasteiger partial charge in [-0.25, -0.2) is 0 Å². The minimum atomic E-state index is -0.213. The molecular formula is C22H19N3O2. The summed E-state index contributed by atoms with van der Waals surface area (Å²) in [4.78, 5) is 14.1. The van der Waals surface area contributed by atoms with Crippen molar-refractivity contribution in [2.75, 3.05) is 13.1 Å². The molecule has 0 N–H and O–H groups in total. The number of benzene rings is 2. The van der Waals surface area contributed by atoms with Gasteiger partial charge in [-0.2, -0.15) is 10.5 Å². The highest BCUT2D eigenvalue weighted by atomic mass is 16.5. The molecule has 5 heteroatoms. The maximum atomic E-state index is 12.4. The molecule has 3 rings (SSSR count). The maximum Gasteiger partial charge on any atom is 0.264 e. The van der Waals surface area contributed by atoms with Crippen molar-refractivity contribution in [3.8, 4) is 17.9 Å². The van der Waals surface area contributed by atoms with E-state index >= 15 is 0 Å². The van der Waals surface area contributed by atoms with Gasteiger partial charge in [0.15, 0.2) is 0 Å². The lowest BCUT2D eigenvalue weighted by Crippen LogP contribution is -2.28. The first-order valence-electron chi connectivity index (χ1n) is 8.82. The van der Waals surface area contributed by atoms with E-state index in [1.807, 2.05) is 36.4 Å². The van der Waals surface area contributed by atoms with Crippen molar-refractivity contribution < 1.29 is 9.53 Å². The average Bonchev–Trinajstić information content (AvgIpc) is 3.25. The zero-order valence-corrected chi connectivity index (χ0v) is 14.9. The Morgan fingerprint density at radius 3 is 2.63 bits per heavy atom. The SMILES string of the molecule is N#C/C(=C\c1cccc(OCc2cccc(C#N)c2)c1)C(=O)N1CCCC1. The Bertz CT molecular complexity index is 945. The van der Waals surface area contributed by atoms with Gasteiger partial charge in [-0.05, 0) is 54.3 Å². The van der Waals surface area contributed by atoms with Crippen LogP contribution in [0.15, 0.2) is 54.1 Å². The van der Waals surface area contributed by atoms with Crippen LogP contribution < -0.4 is 4.74 Å². The second kappa shape index (κ2) is 8.69. The Kier molecular flexibility index (Phi) is 5.87. The average molecular weight is 357 g/mol. The summed E-state index contributed by atoms with van der Waals surface area (Å²) in [5.74, 6) is 0.423. The molecular weight excluding hydrogens is 338 g/mol. The van der Waals surface area contributed by atoms with Gasteiger partial charge in [-0.1, -0.05) is 24.3 Å². The summed E-state index contributed by atoms with van der Waals surface area (Å²) in [6, 6.07) is 18.6. The van der Waals surface area contributed by atoms with Gasteiger partial charge in [0.1, 0.15) is 24.0 Å². The van der Waals surface area contributed by atoms with Gasteiger partial charge in [0.05, 0.1) is 11.6 Å². The Hall–Kier alpha value is -3.57. The van der Waals surface area contributed by atoms with Gasteiger partial charge in [0.25, 0.3) is 5.91 Å². The van der Waals surface area contributed by atoms with Crippen molar-refractivity contribution in [1.29, 1.82) is 10.5 Å². The van der Waals surface area contributed by atoms with Crippen LogP contribution in [-0.2, 0) is 11.4 Å². The molecule has 0 aromatic heterocycles. The fraction of sp³-hybridized carbons (Fsp3) is 0.227. The molecule has 1 amide bonds. The number of likely N-dealkylation sites (tertiary alicyclic amines) is 1. The topological polar surface area (TPSA) is 77.1 Å². The molecule has 1 aliphatic rings. The summed E-state index contributed by atoms with van der Waals surface area (Å²) < 4.78 is 5.79. The quantitative estimate of drug-likeness (QED) is 0.604. The Morgan fingerprint density at radius 1 is 1.11 bits per heavy atom. The van der Waals surface area contributed by atoms with Crippen LogP contribution in [0.25, 0.3) is 6.08 Å². The lowest BCUT2D eigenvalue weighted by molar-refractivity contribution is -0.125. The van der Waals surface area contributed by atoms with E-state index < -0.39 is 0 Å². The Morgan fingerprint density at radius 2 is 1.89 bits per heavy atom. The van der Waals surface area contributed by atoms with Crippen molar-refractivity contribution in [2.24, 2.45) is 0 Å². The summed E-state index contributed by atoms with van der Waals surface area (Å²) in [6.45, 7) is 1.76. The molecule has 1 fully saturated rings. The van der Waals surface area contributed by atoms with Gasteiger partial charge in [-0.15, -0.1) is 0 Å². The molecule has 27 heavy (non-hydrogen) atoms. The maximum absolute atomic E-state index is 12.4. The fourth-order valence-electron chi connectivity index (χ4n) is 2.99. The van der Waals surface area contributed by atoms with Crippen LogP contribution >= 0.6 is 0 Å². The van der Waals surface area contributed by atoms with Gasteiger partial charge in [-0.3, -0.25) is 4.79 Å². The van der Waals surface area contributed by atoms with Crippen LogP contribution in [-0.4, -0.2) is 23.9 Å². The lowest BCUT2D eigenvalue weighted by Gasteiger charge is -2.14. The van der Waals surface area contributed by atoms with Crippen molar-refractivity contribution in [2.45, 2.75) is 19.4 Å². The number of carbonyl (C=O) groups is 1. The number of hydrogen-bond acceptors (Lipinski definition) is 4. The van der Waals surface area contributed by atoms with E-state index in [-0.39, 0.29) is 11.5 Å². The van der Waals surface area contributed by atoms with Crippen molar-refractivity contribution >= 4 is 12.0 Å². The van der Waals surface area contributed by atoms with Crippen LogP contribution in [0.3, 0.4) is 0 Å². The highest BCUT2D eigenvalue weighted by Gasteiger charge is 2.21. The molecule has 0 atom stereocenters. The van der Waals surface area contributed by atoms with E-state index in [1.165, 1.54) is 0 Å². The van der Waals surface area contributed by atoms with Gasteiger partial charge in [0.2, 0.25) is 0 Å². The first-order valence-corrected chi connectivity index (χ1v) is 8.82. The van der Waals surface area contributed by atoms with Crippen LogP contribution in [0.5, 0.6) is 5.75 Å². The zero-order chi connectivity index (χ0) is 19.1. The van der Waals surface area contributed by atoms with Gasteiger partial charge >= 0.3 is 0 Å². The molecule has 1 aliphatic heterocycles. The molecule has 0 bridgehead atoms. The third-order valence-electron chi connectivity index (χ3n) is 4.37. The molecule has 0 spiro atoms. The van der Waals surface area contributed by atoms with E-state index in [0.29, 0.717) is 31.0 Å². The van der Waals surface area contributed by atoms with E-state index in [4.69, 9.17) is 10.00 Å². The second-order valence-electron chi connectivity index (χ2n) is 6.34. The zero-order valence-electron chi connectivity index (χ0n) is 14.9. The third kappa shape index (κ3) is 4.74. The van der Waals surface area contributed by atoms with Crippen LogP contribution in [0.1, 0.15) is 29.5 Å². The summed E-state index contributed by atoms with van der Waals surface area (Å²) in [5, 5.41) is 18.3. The number of carbonyl (C=O) groups excluding carboxylic acids is 1. The minimum absolute atomic E-state index is 0.135. The summed E-state index contributed by atoms with van der Waals surface area (Å²) in [7, 11) is 0. The molecule has 134 valence electrons. The van der Waals surface area contributed by atoms with E-state index in [1.54, 1.807) is 29.2 Å². The van der Waals surface area contributed by atoms with Crippen molar-refractivity contribution in [3.05, 3.63) is 70.8 Å². The summed E-state index contributed by atoms with van der Waals surface area (Å²) >= 11 is 0. The highest BCUT2D eigenvalue weighted by Crippen LogP contribution is 2.19. The second-order valence-corrected chi connectivity index (χ2v) is 6.34. The Balaban J connectivity index is 1.71. The molecule has 2 aromatic rings. The number of nitrogens with zero attached hydrogens (tertiary/aromatic N) is 3. The monoisotopic (exact) mass is 357 g/mol. The first kappa shape index (κ1) is 18.2. The van der Waals surface area contributed by atoms with Gasteiger partial charge < -0.3 is 9.64 Å². The predicted octanol–water partition coefficient (Wildman–Crippen LogP) is 3.67. The Labute approximate surface area is 158 Å². The lowest BCUT2D eigenvalue weighted by atomic mass is 10.1. The molecule has 0 radical (unpaired) electrons. The van der Waals surface area contributed by atoms with E-state index in [9.17, 15) is 10.1 Å². The number of amides is 1. The molecule has 0 aliphatic carbocycles. The number of nitriles is 2. The first-order chi connectivity index (χ1) is 13.2. The van der Waals surface area contributed by atoms with Crippen LogP contribution in [0.4, 0.5) is 0 Å². The number of rotatable bonds is 5. The molecule has 1 saturated heterocycles. The number of hydrogen-bond donors (Lipinski definition) is 0.